The summed E-state index contributed by atoms with van der Waals surface area (Å²) in [6.07, 6.45) is 6.06. The van der Waals surface area contributed by atoms with Crippen molar-refractivity contribution in [1.29, 1.82) is 0 Å². The van der Waals surface area contributed by atoms with E-state index in [1.807, 2.05) is 12.1 Å². The largest absolute Gasteiger partial charge is 0.493 e. The van der Waals surface area contributed by atoms with Gasteiger partial charge in [-0.3, -0.25) is 4.98 Å². The fourth-order valence-corrected chi connectivity index (χ4v) is 6.41. The van der Waals surface area contributed by atoms with Crippen LogP contribution in [-0.2, 0) is 11.2 Å². The van der Waals surface area contributed by atoms with Gasteiger partial charge in [0.1, 0.15) is 23.3 Å². The molecular weight excluding hydrogens is 558 g/mol. The summed E-state index contributed by atoms with van der Waals surface area (Å²) in [5, 5.41) is 14.3. The Morgan fingerprint density at radius 1 is 1.19 bits per heavy atom. The van der Waals surface area contributed by atoms with Gasteiger partial charge in [-0.2, -0.15) is 0 Å². The number of pyridine rings is 1. The van der Waals surface area contributed by atoms with Crippen LogP contribution in [-0.4, -0.2) is 28.2 Å². The van der Waals surface area contributed by atoms with Crippen LogP contribution in [0.5, 0.6) is 5.75 Å². The molecule has 1 heterocycles. The molecule has 2 aliphatic carbocycles. The second-order valence-electron chi connectivity index (χ2n) is 11.8. The topological polar surface area (TPSA) is 71.5 Å². The van der Waals surface area contributed by atoms with Crippen molar-refractivity contribution in [3.05, 3.63) is 93.5 Å². The number of carbonyl (C=O) groups is 1. The Balaban J connectivity index is 1.38. The predicted octanol–water partition coefficient (Wildman–Crippen LogP) is 8.93. The molecule has 0 bridgehead atoms. The maximum absolute atomic E-state index is 14.6. The third-order valence-corrected chi connectivity index (χ3v) is 8.77. The Morgan fingerprint density at radius 3 is 2.79 bits per heavy atom. The molecule has 2 aliphatic rings. The lowest BCUT2D eigenvalue weighted by Gasteiger charge is -2.32. The van der Waals surface area contributed by atoms with Crippen LogP contribution in [0.15, 0.2) is 60.3 Å². The Hall–Kier alpha value is -3.45. The SMILES string of the molecule is C[C@@H](COc1ccnc2c1[C@H](C)CC[C@H]2F)C/C1=C/c2cc(F)ccc2CC[C@](Nc2cccc(Cl)c2)(C(=O)O)CC1. The first-order valence-electron chi connectivity index (χ1n) is 14.6. The number of halogens is 3. The van der Waals surface area contributed by atoms with Crippen molar-refractivity contribution in [2.45, 2.75) is 76.4 Å². The van der Waals surface area contributed by atoms with Crippen molar-refractivity contribution in [1.82, 2.24) is 4.98 Å². The van der Waals surface area contributed by atoms with Crippen molar-refractivity contribution < 1.29 is 23.4 Å². The zero-order valence-electron chi connectivity index (χ0n) is 24.0. The molecule has 5 nitrogen and oxygen atoms in total. The summed E-state index contributed by atoms with van der Waals surface area (Å²) in [5.41, 5.74) is 3.42. The minimum atomic E-state index is -1.24. The fraction of sp³-hybridized carbons (Fsp3) is 0.412. The molecular formula is C34H37ClF2N2O3. The molecule has 0 unspecified atom stereocenters. The van der Waals surface area contributed by atoms with Crippen LogP contribution in [0.1, 0.15) is 86.8 Å². The molecule has 1 aromatic heterocycles. The zero-order chi connectivity index (χ0) is 29.9. The third kappa shape index (κ3) is 6.78. The van der Waals surface area contributed by atoms with Crippen LogP contribution in [0.2, 0.25) is 5.02 Å². The maximum Gasteiger partial charge on any atom is 0.329 e. The first-order chi connectivity index (χ1) is 20.1. The van der Waals surface area contributed by atoms with Gasteiger partial charge in [-0.15, -0.1) is 0 Å². The number of anilines is 1. The summed E-state index contributed by atoms with van der Waals surface area (Å²) < 4.78 is 35.1. The number of alkyl halides is 1. The van der Waals surface area contributed by atoms with Crippen molar-refractivity contribution in [2.24, 2.45) is 5.92 Å². The molecule has 0 saturated heterocycles. The monoisotopic (exact) mass is 594 g/mol. The maximum atomic E-state index is 14.6. The van der Waals surface area contributed by atoms with Crippen LogP contribution < -0.4 is 10.1 Å². The molecule has 42 heavy (non-hydrogen) atoms. The molecule has 4 atom stereocenters. The van der Waals surface area contributed by atoms with Gasteiger partial charge in [-0.25, -0.2) is 13.6 Å². The molecule has 0 saturated carbocycles. The molecule has 0 spiro atoms. The summed E-state index contributed by atoms with van der Waals surface area (Å²) in [7, 11) is 0. The van der Waals surface area contributed by atoms with Gasteiger partial charge in [0.25, 0.3) is 0 Å². The summed E-state index contributed by atoms with van der Waals surface area (Å²) in [4.78, 5) is 17.1. The highest BCUT2D eigenvalue weighted by molar-refractivity contribution is 6.30. The van der Waals surface area contributed by atoms with Gasteiger partial charge >= 0.3 is 5.97 Å². The standard InChI is InChI=1S/C34H37ClF2N2O3/c1-21(20-42-30-12-15-38-32-29(37)9-6-22(2)31(30)32)16-23-10-13-34(33(40)41,39-28-5-3-4-26(35)19-28)14-11-24-7-8-27(36)18-25(24)17-23/h3-5,7-8,12,15,17-19,21-22,29,39H,6,9-11,13-14,16,20H2,1-2H3,(H,40,41)/b23-17+/t21-,22-,29-,34+/m1/s1. The molecule has 2 aromatic carbocycles. The van der Waals surface area contributed by atoms with E-state index in [0.29, 0.717) is 67.3 Å². The van der Waals surface area contributed by atoms with E-state index in [4.69, 9.17) is 16.3 Å². The van der Waals surface area contributed by atoms with E-state index in [1.54, 1.807) is 36.5 Å². The van der Waals surface area contributed by atoms with Gasteiger partial charge < -0.3 is 15.2 Å². The van der Waals surface area contributed by atoms with Crippen molar-refractivity contribution in [3.63, 3.8) is 0 Å². The van der Waals surface area contributed by atoms with Crippen LogP contribution in [0, 0.1) is 11.7 Å². The van der Waals surface area contributed by atoms with Crippen LogP contribution in [0.25, 0.3) is 6.08 Å². The van der Waals surface area contributed by atoms with Crippen LogP contribution in [0.3, 0.4) is 0 Å². The number of fused-ring (bicyclic) bond motifs is 2. The Kier molecular flexibility index (Phi) is 9.16. The molecule has 0 aliphatic heterocycles. The number of aromatic nitrogens is 1. The first kappa shape index (κ1) is 30.0. The van der Waals surface area contributed by atoms with Gasteiger partial charge in [-0.1, -0.05) is 49.2 Å². The van der Waals surface area contributed by atoms with E-state index >= 15 is 0 Å². The van der Waals surface area contributed by atoms with E-state index < -0.39 is 17.7 Å². The number of aryl methyl sites for hydroxylation is 1. The minimum absolute atomic E-state index is 0.0676. The smallest absolute Gasteiger partial charge is 0.329 e. The number of carboxylic acid groups (broad SMARTS) is 1. The van der Waals surface area contributed by atoms with Crippen molar-refractivity contribution in [2.75, 3.05) is 11.9 Å². The van der Waals surface area contributed by atoms with E-state index in [1.165, 1.54) is 12.1 Å². The highest BCUT2D eigenvalue weighted by Gasteiger charge is 2.39. The molecule has 222 valence electrons. The minimum Gasteiger partial charge on any atom is -0.493 e. The number of rotatable bonds is 8. The summed E-state index contributed by atoms with van der Waals surface area (Å²) in [5.74, 6) is -0.354. The number of hydrogen-bond donors (Lipinski definition) is 2. The van der Waals surface area contributed by atoms with E-state index in [-0.39, 0.29) is 17.7 Å². The second-order valence-corrected chi connectivity index (χ2v) is 12.3. The van der Waals surface area contributed by atoms with E-state index in [2.05, 4.69) is 24.1 Å². The Morgan fingerprint density at radius 2 is 2.00 bits per heavy atom. The Bertz CT molecular complexity index is 1480. The van der Waals surface area contributed by atoms with Gasteiger partial charge in [0.05, 0.1) is 12.3 Å². The molecule has 0 radical (unpaired) electrons. The van der Waals surface area contributed by atoms with Crippen molar-refractivity contribution in [3.8, 4) is 5.75 Å². The molecule has 5 rings (SSSR count). The highest BCUT2D eigenvalue weighted by atomic mass is 35.5. The average molecular weight is 595 g/mol. The van der Waals surface area contributed by atoms with Crippen molar-refractivity contribution >= 4 is 29.3 Å². The number of ether oxygens (including phenoxy) is 1. The normalized spacial score (nSPS) is 24.1. The van der Waals surface area contributed by atoms with E-state index in [9.17, 15) is 18.7 Å². The van der Waals surface area contributed by atoms with Crippen LogP contribution in [0.4, 0.5) is 14.5 Å². The summed E-state index contributed by atoms with van der Waals surface area (Å²) in [6, 6.07) is 13.6. The molecule has 0 amide bonds. The lowest BCUT2D eigenvalue weighted by molar-refractivity contribution is -0.142. The number of benzene rings is 2. The average Bonchev–Trinajstić information content (AvgIpc) is 3.02. The number of allylic oxidation sites excluding steroid dienone is 1. The molecule has 3 aromatic rings. The number of aliphatic carboxylic acids is 1. The molecule has 8 heteroatoms. The molecule has 2 N–H and O–H groups in total. The first-order valence-corrected chi connectivity index (χ1v) is 15.0. The van der Waals surface area contributed by atoms with Gasteiger partial charge in [0.2, 0.25) is 0 Å². The number of nitrogens with zero attached hydrogens (tertiary/aromatic N) is 1. The van der Waals surface area contributed by atoms with Gasteiger partial charge in [-0.05, 0) is 104 Å². The Labute approximate surface area is 251 Å². The third-order valence-electron chi connectivity index (χ3n) is 8.54. The predicted molar refractivity (Wildman–Crippen MR) is 162 cm³/mol. The number of carboxylic acids is 1. The van der Waals surface area contributed by atoms with Gasteiger partial charge in [0.15, 0.2) is 0 Å². The number of nitrogens with one attached hydrogen (secondary N) is 1. The summed E-state index contributed by atoms with van der Waals surface area (Å²) >= 11 is 6.20. The lowest BCUT2D eigenvalue weighted by atomic mass is 9.84. The highest BCUT2D eigenvalue weighted by Crippen LogP contribution is 2.43. The number of hydrogen-bond acceptors (Lipinski definition) is 4. The lowest BCUT2D eigenvalue weighted by Crippen LogP contribution is -2.47. The summed E-state index contributed by atoms with van der Waals surface area (Å²) in [6.45, 7) is 4.55. The quantitative estimate of drug-likeness (QED) is 0.272. The fourth-order valence-electron chi connectivity index (χ4n) is 6.22. The van der Waals surface area contributed by atoms with Crippen LogP contribution >= 0.6 is 11.6 Å². The van der Waals surface area contributed by atoms with Gasteiger partial charge in [0, 0.05) is 22.5 Å². The molecule has 0 fully saturated rings. The zero-order valence-corrected chi connectivity index (χ0v) is 24.8. The van der Waals surface area contributed by atoms with E-state index in [0.717, 1.165) is 28.7 Å². The second kappa shape index (κ2) is 12.8.